The predicted octanol–water partition coefficient (Wildman–Crippen LogP) is -5.97. The number of H-pyrrole nitrogens is 2. The quantitative estimate of drug-likeness (QED) is 0.0183. The Bertz CT molecular complexity index is 4400. The number of carboxylic acids is 1. The number of hydrogen-bond donors (Lipinski definition) is 22. The van der Waals surface area contributed by atoms with E-state index in [-0.39, 0.29) is 88.9 Å². The van der Waals surface area contributed by atoms with Crippen LogP contribution in [0.2, 0.25) is 0 Å². The van der Waals surface area contributed by atoms with Crippen molar-refractivity contribution in [1.82, 2.24) is 104 Å². The number of hydrogen-bond acceptors (Lipinski definition) is 25. The van der Waals surface area contributed by atoms with Gasteiger partial charge in [-0.3, -0.25) is 95.8 Å². The van der Waals surface area contributed by atoms with Gasteiger partial charge in [0.2, 0.25) is 100 Å². The van der Waals surface area contributed by atoms with Gasteiger partial charge >= 0.3 is 5.97 Å². The van der Waals surface area contributed by atoms with Crippen LogP contribution < -0.4 is 103 Å². The average Bonchev–Trinajstić information content (AvgIpc) is 1.70. The van der Waals surface area contributed by atoms with Gasteiger partial charge in [0, 0.05) is 92.6 Å². The van der Waals surface area contributed by atoms with Crippen molar-refractivity contribution in [1.29, 1.82) is 0 Å². The number of aromatic amines is 2. The maximum absolute atomic E-state index is 14.7. The maximum Gasteiger partial charge on any atom is 0.320 e. The van der Waals surface area contributed by atoms with Crippen LogP contribution in [0.4, 0.5) is 0 Å². The molecule has 1 aromatic carbocycles. The number of fused-ring (bicyclic) bond motifs is 1. The molecular weight excluding hydrogens is 1650 g/mol. The lowest BCUT2D eigenvalue weighted by molar-refractivity contribution is -0.138. The molecule has 13 atom stereocenters. The average molecular weight is 1770 g/mol. The summed E-state index contributed by atoms with van der Waals surface area (Å²) in [5.41, 5.74) is 29.7. The molecule has 4 heterocycles. The van der Waals surface area contributed by atoms with Crippen molar-refractivity contribution < 1.29 is 96.2 Å². The molecule has 3 aromatic heterocycles. The highest BCUT2D eigenvalue weighted by Crippen LogP contribution is 2.22. The molecule has 0 radical (unpaired) electrons. The second-order valence-corrected chi connectivity index (χ2v) is 32.9. The molecule has 12 unspecified atom stereocenters. The Morgan fingerprint density at radius 2 is 1.14 bits per heavy atom. The lowest BCUT2D eigenvalue weighted by Crippen LogP contribution is -2.60. The van der Waals surface area contributed by atoms with Crippen molar-refractivity contribution in [3.05, 3.63) is 66.1 Å². The van der Waals surface area contributed by atoms with Crippen LogP contribution in [0.3, 0.4) is 0 Å². The van der Waals surface area contributed by atoms with E-state index in [1.54, 1.807) is 64.4 Å². The Balaban J connectivity index is 1.28. The van der Waals surface area contributed by atoms with E-state index in [0.29, 0.717) is 66.1 Å². The lowest BCUT2D eigenvalue weighted by atomic mass is 9.91. The molecule has 45 nitrogen and oxygen atoms in total. The van der Waals surface area contributed by atoms with Gasteiger partial charge in [-0.25, -0.2) is 4.98 Å². The number of aromatic nitrogens is 6. The zero-order chi connectivity index (χ0) is 92.7. The van der Waals surface area contributed by atoms with E-state index in [0.717, 1.165) is 0 Å². The third-order valence-electron chi connectivity index (χ3n) is 20.1. The summed E-state index contributed by atoms with van der Waals surface area (Å²) < 4.78 is 1.49. The second-order valence-electron chi connectivity index (χ2n) is 31.9. The molecule has 1 fully saturated rings. The second kappa shape index (κ2) is 52.2. The van der Waals surface area contributed by atoms with E-state index < -0.39 is 229 Å². The minimum absolute atomic E-state index is 0.0363. The number of unbranched alkanes of at least 4 members (excludes halogenated alkanes) is 1. The number of amides is 17. The van der Waals surface area contributed by atoms with Crippen molar-refractivity contribution in [3.8, 4) is 0 Å². The first-order chi connectivity index (χ1) is 59.1. The fourth-order valence-corrected chi connectivity index (χ4v) is 13.8. The smallest absolute Gasteiger partial charge is 0.320 e. The third kappa shape index (κ3) is 36.8. The summed E-state index contributed by atoms with van der Waals surface area (Å²) in [6, 6.07) is -10.1. The highest BCUT2D eigenvalue weighted by molar-refractivity contribution is 7.98. The van der Waals surface area contributed by atoms with Crippen LogP contribution in [0, 0.1) is 23.7 Å². The number of nitrogens with one attached hydrogen (secondary N) is 16. The molecule has 27 N–H and O–H groups in total. The van der Waals surface area contributed by atoms with Crippen molar-refractivity contribution in [2.75, 3.05) is 38.2 Å². The molecule has 0 saturated carbocycles. The first-order valence-corrected chi connectivity index (χ1v) is 42.6. The van der Waals surface area contributed by atoms with Crippen LogP contribution in [0.5, 0.6) is 0 Å². The summed E-state index contributed by atoms with van der Waals surface area (Å²) in [7, 11) is 0. The van der Waals surface area contributed by atoms with Gasteiger partial charge in [-0.1, -0.05) is 65.0 Å². The van der Waals surface area contributed by atoms with Crippen LogP contribution in [0.25, 0.3) is 10.9 Å². The van der Waals surface area contributed by atoms with Gasteiger partial charge < -0.3 is 118 Å². The third-order valence-corrected chi connectivity index (χ3v) is 20.7. The number of ketones is 1. The lowest BCUT2D eigenvalue weighted by Gasteiger charge is -2.27. The number of para-hydroxylation sites is 1. The zero-order valence-electron chi connectivity index (χ0n) is 71.4. The van der Waals surface area contributed by atoms with Crippen molar-refractivity contribution in [3.63, 3.8) is 0 Å². The van der Waals surface area contributed by atoms with E-state index in [2.05, 4.69) is 99.7 Å². The minimum atomic E-state index is -1.90. The fraction of sp³-hybridized carbons (Fsp3) is 0.595. The number of carbonyl (C=O) groups is 19. The molecule has 1 aliphatic heterocycles. The number of carbonyl (C=O) groups excluding carboxylic acids is 18. The standard InChI is InChI=1S/C79H121N25O20S/c1-40(2)27-55(60(105)30-44(68(84)112)22-26-125-8)98-76(120)58(32-46-35-86-39-90-46)93-66(111)37-89-78(122)67(42(5)6)101-69(113)43(7)91-75(119)57(29-45-34-87-50-14-10-9-13-48(45)50)100-74(118)54(17-20-62(82)107)97-77(121)59(33-63(83)108)94-65(110)36-88-70(114)56(28-41(3)4)99-71(115)51(15-11-12-23-85-24-25-104-38-47(102-103-104)31-49(80)79(123)124)95-73(117)53(16-19-61(81)106)96-72(116)52-18-21-64(109)92-52/h9-10,13-14,34-35,38-44,49,51-59,67,85,87H,11-12,15-33,36-37,80H2,1-8H3,(H2,81,106)(H2,82,107)(H2,83,108)(H2,84,112)(H,86,90)(H,88,114)(H,89,122)(H,91,119)(H,92,109)(H,93,111)(H,94,110)(H,95,117)(H,96,116)(H,97,121)(H,98,120)(H,99,115)(H,100,118)(H,101,113)(H,123,124)/t43?,44?,49-,51?,52?,53?,54?,55?,56?,57?,58?,59?,67?/m0/s1. The van der Waals surface area contributed by atoms with Gasteiger partial charge in [-0.15, -0.1) is 5.10 Å². The van der Waals surface area contributed by atoms with Gasteiger partial charge in [-0.2, -0.15) is 11.8 Å². The van der Waals surface area contributed by atoms with Gasteiger partial charge in [0.15, 0.2) is 5.78 Å². The molecule has 5 rings (SSSR count). The van der Waals surface area contributed by atoms with Crippen molar-refractivity contribution in [2.45, 2.75) is 237 Å². The van der Waals surface area contributed by atoms with Crippen LogP contribution in [0.15, 0.2) is 49.2 Å². The minimum Gasteiger partial charge on any atom is -0.480 e. The van der Waals surface area contributed by atoms with Gasteiger partial charge in [0.1, 0.15) is 66.5 Å². The number of nitrogens with two attached hydrogens (primary N) is 5. The largest absolute Gasteiger partial charge is 0.480 e. The van der Waals surface area contributed by atoms with Crippen LogP contribution in [-0.2, 0) is 117 Å². The maximum atomic E-state index is 14.7. The van der Waals surface area contributed by atoms with Crippen molar-refractivity contribution in [2.24, 2.45) is 52.3 Å². The molecule has 0 spiro atoms. The predicted molar refractivity (Wildman–Crippen MR) is 452 cm³/mol. The Labute approximate surface area is 725 Å². The summed E-state index contributed by atoms with van der Waals surface area (Å²) in [5.74, 6) is -18.3. The number of carboxylic acid groups (broad SMARTS) is 1. The van der Waals surface area contributed by atoms with Gasteiger partial charge in [0.05, 0.1) is 44.1 Å². The normalized spacial score (nSPS) is 15.4. The summed E-state index contributed by atoms with van der Waals surface area (Å²) in [6.45, 7) is 10.9. The molecule has 17 amide bonds. The number of imidazole rings is 1. The summed E-state index contributed by atoms with van der Waals surface area (Å²) >= 11 is 1.47. The number of rotatable bonds is 59. The van der Waals surface area contributed by atoms with Crippen LogP contribution in [0.1, 0.15) is 155 Å². The summed E-state index contributed by atoms with van der Waals surface area (Å²) in [5, 5.41) is 53.7. The molecule has 1 aliphatic rings. The number of benzene rings is 1. The molecule has 0 bridgehead atoms. The van der Waals surface area contributed by atoms with Gasteiger partial charge in [0.25, 0.3) is 0 Å². The Kier molecular flexibility index (Phi) is 43.0. The molecular formula is C79H121N25O20S. The van der Waals surface area contributed by atoms with Crippen LogP contribution in [-0.4, -0.2) is 258 Å². The number of primary amides is 4. The van der Waals surface area contributed by atoms with Crippen LogP contribution >= 0.6 is 11.8 Å². The SMILES string of the molecule is CSCCC(CC(=O)C(CC(C)C)NC(=O)C(Cc1cnc[nH]1)NC(=O)CNC(=O)C(NC(=O)C(C)NC(=O)C(Cc1c[nH]c2ccccc12)NC(=O)C(CCC(N)=O)NC(=O)C(CC(N)=O)NC(=O)CNC(=O)C(CC(C)C)NC(=O)C(CCCCNCCn1cc(C[C@H](N)C(=O)O)nn1)NC(=O)C(CCC(N)=O)NC(=O)C1CCC(=O)N1)C(C)C)C(N)=O. The Morgan fingerprint density at radius 1 is 0.576 bits per heavy atom. The van der Waals surface area contributed by atoms with E-state index in [1.807, 2.05) is 20.1 Å². The summed E-state index contributed by atoms with van der Waals surface area (Å²) in [4.78, 5) is 265. The number of nitrogens with zero attached hydrogens (tertiary/aromatic N) is 4. The topological polar surface area (TPSA) is 718 Å². The first-order valence-electron chi connectivity index (χ1n) is 41.2. The first kappa shape index (κ1) is 103. The van der Waals surface area contributed by atoms with E-state index in [9.17, 15) is 91.1 Å². The van der Waals surface area contributed by atoms with E-state index in [1.165, 1.54) is 35.9 Å². The number of Topliss-reactive ketones (excluding diaryl/α,β-unsaturated/α-hetero) is 1. The molecule has 0 aliphatic carbocycles. The van der Waals surface area contributed by atoms with E-state index >= 15 is 0 Å². The number of thioether (sulfide) groups is 1. The monoisotopic (exact) mass is 1770 g/mol. The van der Waals surface area contributed by atoms with Crippen molar-refractivity contribution >= 4 is 135 Å². The Hall–Kier alpha value is -12.5. The molecule has 1 saturated heterocycles. The molecule has 4 aromatic rings. The zero-order valence-corrected chi connectivity index (χ0v) is 72.2. The summed E-state index contributed by atoms with van der Waals surface area (Å²) in [6.07, 6.45) is 5.47. The molecule has 125 heavy (non-hydrogen) atoms. The van der Waals surface area contributed by atoms with E-state index in [4.69, 9.17) is 33.8 Å². The molecule has 688 valence electrons. The highest BCUT2D eigenvalue weighted by atomic mass is 32.2. The van der Waals surface area contributed by atoms with Gasteiger partial charge in [-0.05, 0) is 113 Å². The fourth-order valence-electron chi connectivity index (χ4n) is 13.2. The molecule has 46 heteroatoms. The Morgan fingerprint density at radius 3 is 1.71 bits per heavy atom. The highest BCUT2D eigenvalue weighted by Gasteiger charge is 2.38. The number of aliphatic carboxylic acids is 1.